The highest BCUT2D eigenvalue weighted by Gasteiger charge is 2.40. The lowest BCUT2D eigenvalue weighted by molar-refractivity contribution is -0.126. The van der Waals surface area contributed by atoms with Crippen molar-refractivity contribution in [3.05, 3.63) is 46.7 Å². The van der Waals surface area contributed by atoms with Gasteiger partial charge in [-0.3, -0.25) is 4.79 Å². The first-order chi connectivity index (χ1) is 10.5. The van der Waals surface area contributed by atoms with Crippen LogP contribution in [0, 0.1) is 11.6 Å². The number of nitrogens with zero attached hydrogens (tertiary/aromatic N) is 1. The quantitative estimate of drug-likeness (QED) is 0.756. The largest absolute Gasteiger partial charge is 0.395 e. The van der Waals surface area contributed by atoms with Crippen molar-refractivity contribution in [1.29, 1.82) is 0 Å². The van der Waals surface area contributed by atoms with Crippen LogP contribution in [0.2, 0.25) is 0 Å². The summed E-state index contributed by atoms with van der Waals surface area (Å²) in [5.41, 5.74) is 0.969. The summed E-state index contributed by atoms with van der Waals surface area (Å²) >= 11 is 0. The number of carbonyl (C=O) groups excluding carboxylic acids is 2. The van der Waals surface area contributed by atoms with Gasteiger partial charge in [0.25, 0.3) is 5.91 Å². The van der Waals surface area contributed by atoms with E-state index in [4.69, 9.17) is 5.11 Å². The van der Waals surface area contributed by atoms with Crippen LogP contribution >= 0.6 is 0 Å². The molecule has 0 spiro atoms. The minimum absolute atomic E-state index is 0.131. The summed E-state index contributed by atoms with van der Waals surface area (Å²) < 4.78 is 26.5. The SMILES string of the molecule is O=C1NC2=C(C(=O)N(CCO)C2)C(c2ccc(F)c(F)c2)N1. The van der Waals surface area contributed by atoms with Gasteiger partial charge in [-0.25, -0.2) is 13.6 Å². The summed E-state index contributed by atoms with van der Waals surface area (Å²) in [5, 5.41) is 14.1. The molecule has 3 rings (SSSR count). The first-order valence-corrected chi connectivity index (χ1v) is 6.67. The van der Waals surface area contributed by atoms with Gasteiger partial charge in [0.15, 0.2) is 11.6 Å². The van der Waals surface area contributed by atoms with E-state index in [-0.39, 0.29) is 36.7 Å². The predicted octanol–water partition coefficient (Wildman–Crippen LogP) is 0.407. The molecule has 1 aromatic rings. The number of aliphatic hydroxyl groups is 1. The number of rotatable bonds is 3. The molecule has 0 saturated carbocycles. The molecule has 8 heteroatoms. The van der Waals surface area contributed by atoms with Crippen molar-refractivity contribution in [1.82, 2.24) is 15.5 Å². The number of carbonyl (C=O) groups is 2. The van der Waals surface area contributed by atoms with Crippen molar-refractivity contribution in [3.8, 4) is 0 Å². The average molecular weight is 309 g/mol. The molecule has 0 radical (unpaired) electrons. The minimum atomic E-state index is -1.05. The fraction of sp³-hybridized carbons (Fsp3) is 0.286. The molecular weight excluding hydrogens is 296 g/mol. The van der Waals surface area contributed by atoms with Gasteiger partial charge in [-0.05, 0) is 17.7 Å². The van der Waals surface area contributed by atoms with Crippen molar-refractivity contribution in [2.45, 2.75) is 6.04 Å². The predicted molar refractivity (Wildman–Crippen MR) is 71.5 cm³/mol. The summed E-state index contributed by atoms with van der Waals surface area (Å²) in [7, 11) is 0. The number of urea groups is 1. The Labute approximate surface area is 124 Å². The number of aliphatic hydroxyl groups excluding tert-OH is 1. The van der Waals surface area contributed by atoms with Crippen molar-refractivity contribution in [3.63, 3.8) is 0 Å². The highest BCUT2D eigenvalue weighted by atomic mass is 19.2. The van der Waals surface area contributed by atoms with Crippen molar-refractivity contribution < 1.29 is 23.5 Å². The number of nitrogens with one attached hydrogen (secondary N) is 2. The molecule has 2 heterocycles. The summed E-state index contributed by atoms with van der Waals surface area (Å²) in [5.74, 6) is -2.41. The lowest BCUT2D eigenvalue weighted by Crippen LogP contribution is -2.44. The Morgan fingerprint density at radius 1 is 1.27 bits per heavy atom. The van der Waals surface area contributed by atoms with Crippen LogP contribution in [0.5, 0.6) is 0 Å². The molecule has 0 aromatic heterocycles. The van der Waals surface area contributed by atoms with E-state index >= 15 is 0 Å². The molecule has 0 fully saturated rings. The normalized spacial score (nSPS) is 20.9. The van der Waals surface area contributed by atoms with Crippen LogP contribution in [0.3, 0.4) is 0 Å². The standard InChI is InChI=1S/C14H13F2N3O3/c15-8-2-1-7(5-9(8)16)12-11-10(17-14(22)18-12)6-19(3-4-20)13(11)21/h1-2,5,12,20H,3-4,6H2,(H2,17,18,22). The first kappa shape index (κ1) is 14.5. The number of amides is 3. The molecule has 3 amide bonds. The van der Waals surface area contributed by atoms with E-state index in [1.807, 2.05) is 0 Å². The lowest BCUT2D eigenvalue weighted by Gasteiger charge is -2.25. The lowest BCUT2D eigenvalue weighted by atomic mass is 9.96. The molecule has 0 aliphatic carbocycles. The zero-order valence-corrected chi connectivity index (χ0v) is 11.4. The van der Waals surface area contributed by atoms with Crippen LogP contribution < -0.4 is 10.6 Å². The molecule has 1 aromatic carbocycles. The molecule has 1 unspecified atom stereocenters. The van der Waals surface area contributed by atoms with Crippen molar-refractivity contribution >= 4 is 11.9 Å². The summed E-state index contributed by atoms with van der Waals surface area (Å²) in [6.07, 6.45) is 0. The van der Waals surface area contributed by atoms with Gasteiger partial charge in [-0.2, -0.15) is 0 Å². The Morgan fingerprint density at radius 3 is 2.73 bits per heavy atom. The topological polar surface area (TPSA) is 81.7 Å². The molecule has 3 N–H and O–H groups in total. The van der Waals surface area contributed by atoms with Crippen LogP contribution in [0.15, 0.2) is 29.5 Å². The van der Waals surface area contributed by atoms with Crippen LogP contribution in [0.1, 0.15) is 11.6 Å². The van der Waals surface area contributed by atoms with E-state index < -0.39 is 23.7 Å². The van der Waals surface area contributed by atoms with E-state index in [0.717, 1.165) is 12.1 Å². The number of hydrogen-bond acceptors (Lipinski definition) is 3. The van der Waals surface area contributed by atoms with Crippen LogP contribution in [-0.4, -0.2) is 41.6 Å². The fourth-order valence-electron chi connectivity index (χ4n) is 2.67. The van der Waals surface area contributed by atoms with E-state index in [9.17, 15) is 18.4 Å². The Bertz CT molecular complexity index is 690. The molecule has 2 aliphatic heterocycles. The molecule has 6 nitrogen and oxygen atoms in total. The smallest absolute Gasteiger partial charge is 0.319 e. The van der Waals surface area contributed by atoms with E-state index in [0.29, 0.717) is 5.70 Å². The Morgan fingerprint density at radius 2 is 2.05 bits per heavy atom. The monoisotopic (exact) mass is 309 g/mol. The maximum Gasteiger partial charge on any atom is 0.319 e. The molecule has 0 bridgehead atoms. The molecular formula is C14H13F2N3O3. The third-order valence-electron chi connectivity index (χ3n) is 3.67. The van der Waals surface area contributed by atoms with Crippen molar-refractivity contribution in [2.24, 2.45) is 0 Å². The van der Waals surface area contributed by atoms with Crippen LogP contribution in [0.25, 0.3) is 0 Å². The van der Waals surface area contributed by atoms with E-state index in [1.165, 1.54) is 11.0 Å². The summed E-state index contributed by atoms with van der Waals surface area (Å²) in [6, 6.07) is 1.85. The van der Waals surface area contributed by atoms with Crippen LogP contribution in [-0.2, 0) is 4.79 Å². The number of benzene rings is 1. The molecule has 22 heavy (non-hydrogen) atoms. The third kappa shape index (κ3) is 2.31. The molecule has 116 valence electrons. The van der Waals surface area contributed by atoms with Gasteiger partial charge in [0.1, 0.15) is 0 Å². The fourth-order valence-corrected chi connectivity index (χ4v) is 2.67. The van der Waals surface area contributed by atoms with Gasteiger partial charge in [0.2, 0.25) is 0 Å². The maximum atomic E-state index is 13.4. The zero-order chi connectivity index (χ0) is 15.9. The van der Waals surface area contributed by atoms with Gasteiger partial charge in [0, 0.05) is 6.54 Å². The zero-order valence-electron chi connectivity index (χ0n) is 11.4. The van der Waals surface area contributed by atoms with Gasteiger partial charge in [0.05, 0.1) is 30.5 Å². The van der Waals surface area contributed by atoms with Crippen LogP contribution in [0.4, 0.5) is 13.6 Å². The second-order valence-corrected chi connectivity index (χ2v) is 5.05. The maximum absolute atomic E-state index is 13.4. The minimum Gasteiger partial charge on any atom is -0.395 e. The number of halogens is 2. The Balaban J connectivity index is 1.99. The Kier molecular flexibility index (Phi) is 3.53. The first-order valence-electron chi connectivity index (χ1n) is 6.67. The van der Waals surface area contributed by atoms with Crippen molar-refractivity contribution in [2.75, 3.05) is 19.7 Å². The second-order valence-electron chi connectivity index (χ2n) is 5.05. The van der Waals surface area contributed by atoms with E-state index in [1.54, 1.807) is 0 Å². The summed E-state index contributed by atoms with van der Waals surface area (Å²) in [4.78, 5) is 25.5. The van der Waals surface area contributed by atoms with E-state index in [2.05, 4.69) is 10.6 Å². The average Bonchev–Trinajstić information content (AvgIpc) is 2.78. The third-order valence-corrected chi connectivity index (χ3v) is 3.67. The number of hydrogen-bond donors (Lipinski definition) is 3. The highest BCUT2D eigenvalue weighted by molar-refractivity contribution is 6.01. The second kappa shape index (κ2) is 5.38. The van der Waals surface area contributed by atoms with Gasteiger partial charge in [-0.15, -0.1) is 0 Å². The highest BCUT2D eigenvalue weighted by Crippen LogP contribution is 2.32. The molecule has 0 saturated heterocycles. The number of β-amino-alcohol motifs (C(OH)–C–C–N with tert-alkyl or cyclic N) is 1. The van der Waals surface area contributed by atoms with Gasteiger partial charge >= 0.3 is 6.03 Å². The Hall–Kier alpha value is -2.48. The summed E-state index contributed by atoms with van der Waals surface area (Å²) in [6.45, 7) is 0.0953. The molecule has 2 aliphatic rings. The van der Waals surface area contributed by atoms with Gasteiger partial charge in [-0.1, -0.05) is 6.07 Å². The van der Waals surface area contributed by atoms with Gasteiger partial charge < -0.3 is 20.6 Å². The molecule has 1 atom stereocenters.